The molecule has 8 heteroatoms. The van der Waals surface area contributed by atoms with Crippen molar-refractivity contribution in [2.24, 2.45) is 5.92 Å². The summed E-state index contributed by atoms with van der Waals surface area (Å²) < 4.78 is 0.896. The zero-order valence-corrected chi connectivity index (χ0v) is 17.4. The minimum absolute atomic E-state index is 0.0815. The monoisotopic (exact) mass is 423 g/mol. The van der Waals surface area contributed by atoms with Crippen molar-refractivity contribution >= 4 is 22.8 Å². The van der Waals surface area contributed by atoms with E-state index in [0.29, 0.717) is 11.9 Å². The van der Waals surface area contributed by atoms with E-state index in [1.807, 2.05) is 13.0 Å². The van der Waals surface area contributed by atoms with E-state index in [2.05, 4.69) is 10.3 Å². The van der Waals surface area contributed by atoms with E-state index in [9.17, 15) is 24.3 Å². The van der Waals surface area contributed by atoms with Crippen LogP contribution in [0.3, 0.4) is 0 Å². The molecular formula is C23H25N3O5. The van der Waals surface area contributed by atoms with Crippen LogP contribution in [-0.4, -0.2) is 32.6 Å². The topological polar surface area (TPSA) is 121 Å². The van der Waals surface area contributed by atoms with Crippen LogP contribution < -0.4 is 16.6 Å². The van der Waals surface area contributed by atoms with Gasteiger partial charge in [-0.2, -0.15) is 0 Å². The van der Waals surface area contributed by atoms with Crippen LogP contribution in [0.5, 0.6) is 0 Å². The number of benzene rings is 2. The first-order valence-corrected chi connectivity index (χ1v) is 10.1. The third-order valence-electron chi connectivity index (χ3n) is 5.46. The third-order valence-corrected chi connectivity index (χ3v) is 5.46. The number of H-pyrrole nitrogens is 1. The second-order valence-corrected chi connectivity index (χ2v) is 7.57. The van der Waals surface area contributed by atoms with Crippen molar-refractivity contribution in [3.63, 3.8) is 0 Å². The van der Waals surface area contributed by atoms with Gasteiger partial charge in [-0.25, -0.2) is 14.2 Å². The number of carbonyl (C=O) groups excluding carboxylic acids is 1. The highest BCUT2D eigenvalue weighted by Gasteiger charge is 2.32. The SMILES string of the molecule is CCC(C)C(C(=O)NC(Cc1ccccc1)C(=O)O)n1c(=O)[nH]c2ccccc2c1=O. The van der Waals surface area contributed by atoms with Gasteiger partial charge in [0.2, 0.25) is 5.91 Å². The molecule has 3 aromatic rings. The lowest BCUT2D eigenvalue weighted by Crippen LogP contribution is -2.51. The Labute approximate surface area is 178 Å². The lowest BCUT2D eigenvalue weighted by Gasteiger charge is -2.25. The number of aliphatic carboxylic acids is 1. The third kappa shape index (κ3) is 4.74. The number of rotatable bonds is 8. The Hall–Kier alpha value is -3.68. The molecule has 3 N–H and O–H groups in total. The molecule has 0 saturated carbocycles. The summed E-state index contributed by atoms with van der Waals surface area (Å²) in [4.78, 5) is 53.5. The van der Waals surface area contributed by atoms with E-state index in [1.54, 1.807) is 55.5 Å². The molecule has 0 bridgehead atoms. The molecule has 0 spiro atoms. The molecular weight excluding hydrogens is 398 g/mol. The summed E-state index contributed by atoms with van der Waals surface area (Å²) in [5, 5.41) is 12.4. The molecule has 31 heavy (non-hydrogen) atoms. The molecule has 3 atom stereocenters. The van der Waals surface area contributed by atoms with Crippen molar-refractivity contribution in [3.05, 3.63) is 81.0 Å². The maximum atomic E-state index is 13.2. The summed E-state index contributed by atoms with van der Waals surface area (Å²) in [6, 6.07) is 13.1. The number of fused-ring (bicyclic) bond motifs is 1. The summed E-state index contributed by atoms with van der Waals surface area (Å²) in [6.07, 6.45) is 0.589. The van der Waals surface area contributed by atoms with Crippen molar-refractivity contribution < 1.29 is 14.7 Å². The van der Waals surface area contributed by atoms with Crippen molar-refractivity contribution in [2.45, 2.75) is 38.8 Å². The van der Waals surface area contributed by atoms with Crippen LogP contribution in [0.25, 0.3) is 10.9 Å². The van der Waals surface area contributed by atoms with E-state index in [0.717, 1.165) is 10.1 Å². The minimum Gasteiger partial charge on any atom is -0.480 e. The largest absolute Gasteiger partial charge is 0.480 e. The number of hydrogen-bond donors (Lipinski definition) is 3. The summed E-state index contributed by atoms with van der Waals surface area (Å²) in [6.45, 7) is 3.59. The van der Waals surface area contributed by atoms with Gasteiger partial charge in [0.1, 0.15) is 12.1 Å². The molecule has 0 aliphatic rings. The van der Waals surface area contributed by atoms with E-state index < -0.39 is 35.2 Å². The Morgan fingerprint density at radius 1 is 1.06 bits per heavy atom. The van der Waals surface area contributed by atoms with Crippen molar-refractivity contribution in [1.29, 1.82) is 0 Å². The fourth-order valence-corrected chi connectivity index (χ4v) is 3.59. The number of carboxylic acid groups (broad SMARTS) is 1. The van der Waals surface area contributed by atoms with Crippen molar-refractivity contribution in [3.8, 4) is 0 Å². The fourth-order valence-electron chi connectivity index (χ4n) is 3.59. The van der Waals surface area contributed by atoms with Crippen LogP contribution >= 0.6 is 0 Å². The summed E-state index contributed by atoms with van der Waals surface area (Å²) in [5.74, 6) is -2.26. The normalized spacial score (nSPS) is 14.0. The molecule has 0 saturated heterocycles. The first-order valence-electron chi connectivity index (χ1n) is 10.1. The zero-order valence-electron chi connectivity index (χ0n) is 17.4. The lowest BCUT2D eigenvalue weighted by atomic mass is 9.97. The average molecular weight is 423 g/mol. The molecule has 162 valence electrons. The lowest BCUT2D eigenvalue weighted by molar-refractivity contribution is -0.142. The standard InChI is InChI=1S/C23H25N3O5/c1-3-14(2)19(26-21(28)16-11-7-8-12-17(16)25-23(26)31)20(27)24-18(22(29)30)13-15-9-5-4-6-10-15/h4-12,14,18-19H,3,13H2,1-2H3,(H,24,27)(H,25,31)(H,29,30). The number of carbonyl (C=O) groups is 2. The maximum absolute atomic E-state index is 13.2. The smallest absolute Gasteiger partial charge is 0.329 e. The number of nitrogens with zero attached hydrogens (tertiary/aromatic N) is 1. The quantitative estimate of drug-likeness (QED) is 0.512. The highest BCUT2D eigenvalue weighted by atomic mass is 16.4. The molecule has 2 aromatic carbocycles. The van der Waals surface area contributed by atoms with E-state index in [1.165, 1.54) is 0 Å². The number of amides is 1. The van der Waals surface area contributed by atoms with Crippen molar-refractivity contribution in [1.82, 2.24) is 14.9 Å². The molecule has 8 nitrogen and oxygen atoms in total. The Kier molecular flexibility index (Phi) is 6.69. The number of aromatic nitrogens is 2. The fraction of sp³-hybridized carbons (Fsp3) is 0.304. The van der Waals surface area contributed by atoms with Crippen LogP contribution in [0, 0.1) is 5.92 Å². The Balaban J connectivity index is 2.00. The highest BCUT2D eigenvalue weighted by molar-refractivity contribution is 5.86. The summed E-state index contributed by atoms with van der Waals surface area (Å²) >= 11 is 0. The molecule has 0 aliphatic heterocycles. The van der Waals surface area contributed by atoms with Gasteiger partial charge in [-0.05, 0) is 23.6 Å². The summed E-state index contributed by atoms with van der Waals surface area (Å²) in [5.41, 5.74) is -0.172. The summed E-state index contributed by atoms with van der Waals surface area (Å²) in [7, 11) is 0. The van der Waals surface area contributed by atoms with Gasteiger partial charge in [-0.1, -0.05) is 62.7 Å². The van der Waals surface area contributed by atoms with Crippen LogP contribution in [0.2, 0.25) is 0 Å². The molecule has 1 aromatic heterocycles. The molecule has 0 aliphatic carbocycles. The molecule has 3 rings (SSSR count). The zero-order chi connectivity index (χ0) is 22.5. The van der Waals surface area contributed by atoms with Gasteiger partial charge in [0.25, 0.3) is 5.56 Å². The average Bonchev–Trinajstić information content (AvgIpc) is 2.76. The van der Waals surface area contributed by atoms with Crippen molar-refractivity contribution in [2.75, 3.05) is 0 Å². The van der Waals surface area contributed by atoms with E-state index in [4.69, 9.17) is 0 Å². The van der Waals surface area contributed by atoms with Crippen LogP contribution in [0.1, 0.15) is 31.9 Å². The Morgan fingerprint density at radius 3 is 2.35 bits per heavy atom. The van der Waals surface area contributed by atoms with Gasteiger partial charge in [0.15, 0.2) is 0 Å². The molecule has 1 amide bonds. The van der Waals surface area contributed by atoms with Gasteiger partial charge in [-0.15, -0.1) is 0 Å². The van der Waals surface area contributed by atoms with Crippen LogP contribution in [0.15, 0.2) is 64.2 Å². The second-order valence-electron chi connectivity index (χ2n) is 7.57. The first kappa shape index (κ1) is 22.0. The van der Waals surface area contributed by atoms with Crippen LogP contribution in [-0.2, 0) is 16.0 Å². The first-order chi connectivity index (χ1) is 14.8. The number of para-hydroxylation sites is 1. The maximum Gasteiger partial charge on any atom is 0.329 e. The second kappa shape index (κ2) is 9.42. The van der Waals surface area contributed by atoms with E-state index >= 15 is 0 Å². The van der Waals surface area contributed by atoms with Gasteiger partial charge in [-0.3, -0.25) is 9.59 Å². The Morgan fingerprint density at radius 2 is 1.71 bits per heavy atom. The predicted molar refractivity (Wildman–Crippen MR) is 117 cm³/mol. The van der Waals surface area contributed by atoms with Gasteiger partial charge >= 0.3 is 11.7 Å². The highest BCUT2D eigenvalue weighted by Crippen LogP contribution is 2.20. The molecule has 3 unspecified atom stereocenters. The molecule has 1 heterocycles. The Bertz CT molecular complexity index is 1200. The van der Waals surface area contributed by atoms with Gasteiger partial charge in [0, 0.05) is 6.42 Å². The molecule has 0 radical (unpaired) electrons. The van der Waals surface area contributed by atoms with Gasteiger partial charge < -0.3 is 15.4 Å². The van der Waals surface area contributed by atoms with Gasteiger partial charge in [0.05, 0.1) is 10.9 Å². The number of nitrogens with one attached hydrogen (secondary N) is 2. The predicted octanol–water partition coefficient (Wildman–Crippen LogP) is 2.09. The van der Waals surface area contributed by atoms with Crippen LogP contribution in [0.4, 0.5) is 0 Å². The number of hydrogen-bond acceptors (Lipinski definition) is 4. The van der Waals surface area contributed by atoms with E-state index in [-0.39, 0.29) is 17.7 Å². The minimum atomic E-state index is -1.20. The number of aromatic amines is 1. The number of carboxylic acids is 1. The molecule has 0 fully saturated rings.